The van der Waals surface area contributed by atoms with Gasteiger partial charge >= 0.3 is 0 Å². The number of likely N-dealkylation sites (tertiary alicyclic amines) is 1. The van der Waals surface area contributed by atoms with Gasteiger partial charge in [-0.05, 0) is 57.1 Å². The number of rotatable bonds is 7. The summed E-state index contributed by atoms with van der Waals surface area (Å²) in [5, 5.41) is 6.97. The molecule has 0 spiro atoms. The van der Waals surface area contributed by atoms with Crippen LogP contribution in [0.1, 0.15) is 36.5 Å². The molecule has 1 aliphatic rings. The Bertz CT molecular complexity index is 852. The number of hydrogen-bond acceptors (Lipinski definition) is 3. The van der Waals surface area contributed by atoms with E-state index in [0.29, 0.717) is 30.7 Å². The van der Waals surface area contributed by atoms with Crippen molar-refractivity contribution in [3.05, 3.63) is 71.0 Å². The molecule has 1 aliphatic heterocycles. The fourth-order valence-corrected chi connectivity index (χ4v) is 4.18. The Morgan fingerprint density at radius 2 is 1.94 bits per heavy atom. The third-order valence-corrected chi connectivity index (χ3v) is 5.86. The molecule has 6 heteroatoms. The van der Waals surface area contributed by atoms with E-state index in [4.69, 9.17) is 0 Å². The maximum atomic E-state index is 14.0. The molecule has 31 heavy (non-hydrogen) atoms. The van der Waals surface area contributed by atoms with Crippen molar-refractivity contribution in [3.63, 3.8) is 0 Å². The number of hydrogen-bond donors (Lipinski definition) is 2. The first-order valence-electron chi connectivity index (χ1n) is 11.1. The minimum atomic E-state index is -0.156. The van der Waals surface area contributed by atoms with Crippen LogP contribution in [0.3, 0.4) is 0 Å². The van der Waals surface area contributed by atoms with Crippen molar-refractivity contribution < 1.29 is 4.39 Å². The van der Waals surface area contributed by atoms with Crippen LogP contribution in [0.4, 0.5) is 4.39 Å². The Hall–Kier alpha value is -2.44. The summed E-state index contributed by atoms with van der Waals surface area (Å²) in [4.78, 5) is 8.92. The van der Waals surface area contributed by atoms with Crippen LogP contribution in [0.2, 0.25) is 0 Å². The molecule has 0 bridgehead atoms. The lowest BCUT2D eigenvalue weighted by Gasteiger charge is -2.38. The molecule has 2 atom stereocenters. The van der Waals surface area contributed by atoms with Gasteiger partial charge in [0.1, 0.15) is 5.82 Å². The van der Waals surface area contributed by atoms with Crippen LogP contribution < -0.4 is 10.6 Å². The Morgan fingerprint density at radius 3 is 2.61 bits per heavy atom. The van der Waals surface area contributed by atoms with Crippen molar-refractivity contribution >= 4 is 5.96 Å². The Balaban J connectivity index is 1.49. The zero-order chi connectivity index (χ0) is 22.2. The second-order valence-electron chi connectivity index (χ2n) is 8.76. The van der Waals surface area contributed by atoms with E-state index in [9.17, 15) is 4.39 Å². The average molecular weight is 426 g/mol. The van der Waals surface area contributed by atoms with Gasteiger partial charge in [-0.1, -0.05) is 36.4 Å². The highest BCUT2D eigenvalue weighted by Crippen LogP contribution is 2.20. The number of piperidine rings is 1. The van der Waals surface area contributed by atoms with Gasteiger partial charge in [-0.2, -0.15) is 0 Å². The first-order valence-corrected chi connectivity index (χ1v) is 11.1. The molecule has 1 heterocycles. The standard InChI is InChI=1S/C25H36FN5/c1-19-14-23(12-13-31(19)17-20-8-6-5-7-9-20)29-25(27-2)28-16-21-10-11-24(26)22(15-21)18-30(3)4/h5-11,15,19,23H,12-14,16-18H2,1-4H3,(H2,27,28,29). The minimum absolute atomic E-state index is 0.156. The number of nitrogens with one attached hydrogen (secondary N) is 2. The van der Waals surface area contributed by atoms with Crippen molar-refractivity contribution in [2.75, 3.05) is 27.7 Å². The Labute approximate surface area is 186 Å². The van der Waals surface area contributed by atoms with E-state index in [1.165, 1.54) is 5.56 Å². The largest absolute Gasteiger partial charge is 0.354 e. The lowest BCUT2D eigenvalue weighted by molar-refractivity contribution is 0.134. The molecule has 0 saturated carbocycles. The number of nitrogens with zero attached hydrogens (tertiary/aromatic N) is 3. The topological polar surface area (TPSA) is 42.9 Å². The fourth-order valence-electron chi connectivity index (χ4n) is 4.18. The summed E-state index contributed by atoms with van der Waals surface area (Å²) in [5.74, 6) is 0.642. The maximum absolute atomic E-state index is 14.0. The second kappa shape index (κ2) is 11.3. The van der Waals surface area contributed by atoms with Crippen LogP contribution in [0.15, 0.2) is 53.5 Å². The highest BCUT2D eigenvalue weighted by atomic mass is 19.1. The van der Waals surface area contributed by atoms with Gasteiger partial charge in [-0.3, -0.25) is 9.89 Å². The van der Waals surface area contributed by atoms with Gasteiger partial charge < -0.3 is 15.5 Å². The second-order valence-corrected chi connectivity index (χ2v) is 8.76. The first-order chi connectivity index (χ1) is 14.9. The summed E-state index contributed by atoms with van der Waals surface area (Å²) in [6.45, 7) is 5.57. The number of guanidine groups is 1. The number of benzene rings is 2. The minimum Gasteiger partial charge on any atom is -0.354 e. The van der Waals surface area contributed by atoms with Crippen LogP contribution in [0.5, 0.6) is 0 Å². The summed E-state index contributed by atoms with van der Waals surface area (Å²) < 4.78 is 14.0. The van der Waals surface area contributed by atoms with Crippen molar-refractivity contribution in [1.29, 1.82) is 0 Å². The van der Waals surface area contributed by atoms with Crippen molar-refractivity contribution in [1.82, 2.24) is 20.4 Å². The van der Waals surface area contributed by atoms with Crippen LogP contribution >= 0.6 is 0 Å². The highest BCUT2D eigenvalue weighted by molar-refractivity contribution is 5.80. The van der Waals surface area contributed by atoms with E-state index in [-0.39, 0.29) is 5.82 Å². The third kappa shape index (κ3) is 7.04. The molecule has 2 N–H and O–H groups in total. The zero-order valence-electron chi connectivity index (χ0n) is 19.2. The SMILES string of the molecule is CN=C(NCc1ccc(F)c(CN(C)C)c1)NC1CCN(Cc2ccccc2)C(C)C1. The summed E-state index contributed by atoms with van der Waals surface area (Å²) in [7, 11) is 5.69. The third-order valence-electron chi connectivity index (χ3n) is 5.86. The lowest BCUT2D eigenvalue weighted by atomic mass is 9.97. The van der Waals surface area contributed by atoms with Gasteiger partial charge in [0.2, 0.25) is 0 Å². The fraction of sp³-hybridized carbons (Fsp3) is 0.480. The van der Waals surface area contributed by atoms with Gasteiger partial charge in [0.05, 0.1) is 0 Å². The van der Waals surface area contributed by atoms with E-state index < -0.39 is 0 Å². The molecule has 1 fully saturated rings. The molecular weight excluding hydrogens is 389 g/mol. The summed E-state index contributed by atoms with van der Waals surface area (Å²) in [6.07, 6.45) is 2.17. The molecule has 2 aromatic rings. The number of halogens is 1. The van der Waals surface area contributed by atoms with Crippen LogP contribution in [0.25, 0.3) is 0 Å². The Kier molecular flexibility index (Phi) is 8.43. The molecule has 2 aromatic carbocycles. The smallest absolute Gasteiger partial charge is 0.191 e. The molecule has 0 radical (unpaired) electrons. The van der Waals surface area contributed by atoms with Crippen molar-refractivity contribution in [3.8, 4) is 0 Å². The number of aliphatic imine (C=N–C) groups is 1. The maximum Gasteiger partial charge on any atom is 0.191 e. The van der Waals surface area contributed by atoms with E-state index in [2.05, 4.69) is 57.8 Å². The molecule has 168 valence electrons. The molecule has 1 saturated heterocycles. The van der Waals surface area contributed by atoms with Gasteiger partial charge in [-0.15, -0.1) is 0 Å². The molecule has 0 aliphatic carbocycles. The summed E-state index contributed by atoms with van der Waals surface area (Å²) >= 11 is 0. The summed E-state index contributed by atoms with van der Waals surface area (Å²) in [6, 6.07) is 16.9. The van der Waals surface area contributed by atoms with E-state index in [1.807, 2.05) is 31.1 Å². The van der Waals surface area contributed by atoms with E-state index in [1.54, 1.807) is 13.1 Å². The van der Waals surface area contributed by atoms with Crippen LogP contribution in [0, 0.1) is 5.82 Å². The molecular formula is C25H36FN5. The molecule has 0 amide bonds. The van der Waals surface area contributed by atoms with E-state index >= 15 is 0 Å². The first kappa shape index (κ1) is 23.2. The lowest BCUT2D eigenvalue weighted by Crippen LogP contribution is -2.51. The van der Waals surface area contributed by atoms with Gasteiger partial charge in [-0.25, -0.2) is 4.39 Å². The zero-order valence-corrected chi connectivity index (χ0v) is 19.2. The highest BCUT2D eigenvalue weighted by Gasteiger charge is 2.26. The normalized spacial score (nSPS) is 20.1. The van der Waals surface area contributed by atoms with Crippen LogP contribution in [-0.4, -0.2) is 55.5 Å². The van der Waals surface area contributed by atoms with Gasteiger partial charge in [0.25, 0.3) is 0 Å². The van der Waals surface area contributed by atoms with Gasteiger partial charge in [0, 0.05) is 50.9 Å². The van der Waals surface area contributed by atoms with Crippen LogP contribution in [-0.2, 0) is 19.6 Å². The molecule has 0 aromatic heterocycles. The quantitative estimate of drug-likeness (QED) is 0.525. The Morgan fingerprint density at radius 1 is 1.16 bits per heavy atom. The predicted octanol–water partition coefficient (Wildman–Crippen LogP) is 3.61. The molecule has 3 rings (SSSR count). The van der Waals surface area contributed by atoms with Crippen molar-refractivity contribution in [2.45, 2.75) is 51.5 Å². The summed E-state index contributed by atoms with van der Waals surface area (Å²) in [5.41, 5.74) is 3.13. The van der Waals surface area contributed by atoms with Crippen molar-refractivity contribution in [2.24, 2.45) is 4.99 Å². The monoisotopic (exact) mass is 425 g/mol. The predicted molar refractivity (Wildman–Crippen MR) is 126 cm³/mol. The average Bonchev–Trinajstić information content (AvgIpc) is 2.75. The molecule has 2 unspecified atom stereocenters. The van der Waals surface area contributed by atoms with E-state index in [0.717, 1.165) is 37.5 Å². The van der Waals surface area contributed by atoms with Gasteiger partial charge in [0.15, 0.2) is 5.96 Å². The molecule has 5 nitrogen and oxygen atoms in total.